The molecule has 1 unspecified atom stereocenters. The fraction of sp³-hybridized carbons (Fsp3) is 0.600. The highest BCUT2D eigenvalue weighted by atomic mass is 16.4. The van der Waals surface area contributed by atoms with Gasteiger partial charge in [-0.25, -0.2) is 4.79 Å². The SMILES string of the molecule is O=C(O)CC[C@H](NC(=O)C1CNC(=O)CN1)C(=O)O. The summed E-state index contributed by atoms with van der Waals surface area (Å²) in [7, 11) is 0. The molecular formula is C10H15N3O6. The largest absolute Gasteiger partial charge is 0.481 e. The van der Waals surface area contributed by atoms with Gasteiger partial charge in [0.05, 0.1) is 6.54 Å². The predicted molar refractivity (Wildman–Crippen MR) is 61.2 cm³/mol. The zero-order valence-electron chi connectivity index (χ0n) is 10.0. The molecule has 0 saturated carbocycles. The summed E-state index contributed by atoms with van der Waals surface area (Å²) in [6.07, 6.45) is -0.554. The predicted octanol–water partition coefficient (Wildman–Crippen LogP) is -2.49. The molecule has 0 aromatic carbocycles. The van der Waals surface area contributed by atoms with Crippen molar-refractivity contribution in [1.82, 2.24) is 16.0 Å². The lowest BCUT2D eigenvalue weighted by molar-refractivity contribution is -0.143. The number of hydrogen-bond acceptors (Lipinski definition) is 5. The van der Waals surface area contributed by atoms with Gasteiger partial charge in [-0.1, -0.05) is 0 Å². The monoisotopic (exact) mass is 273 g/mol. The fourth-order valence-corrected chi connectivity index (χ4v) is 1.55. The second-order valence-corrected chi connectivity index (χ2v) is 4.07. The van der Waals surface area contributed by atoms with Crippen molar-refractivity contribution >= 4 is 23.8 Å². The topological polar surface area (TPSA) is 145 Å². The molecule has 2 amide bonds. The highest BCUT2D eigenvalue weighted by molar-refractivity contribution is 5.89. The molecular weight excluding hydrogens is 258 g/mol. The lowest BCUT2D eigenvalue weighted by atomic mass is 10.1. The lowest BCUT2D eigenvalue weighted by Crippen LogP contribution is -2.59. The van der Waals surface area contributed by atoms with E-state index in [0.29, 0.717) is 0 Å². The van der Waals surface area contributed by atoms with Crippen molar-refractivity contribution in [3.8, 4) is 0 Å². The molecule has 0 aromatic rings. The minimum Gasteiger partial charge on any atom is -0.481 e. The Kier molecular flexibility index (Phi) is 5.24. The van der Waals surface area contributed by atoms with E-state index in [2.05, 4.69) is 16.0 Å². The number of carboxylic acid groups (broad SMARTS) is 2. The highest BCUT2D eigenvalue weighted by Crippen LogP contribution is 1.99. The lowest BCUT2D eigenvalue weighted by Gasteiger charge is -2.24. The number of amides is 2. The van der Waals surface area contributed by atoms with Crippen LogP contribution in [-0.4, -0.2) is 59.1 Å². The fourth-order valence-electron chi connectivity index (χ4n) is 1.55. The average molecular weight is 273 g/mol. The van der Waals surface area contributed by atoms with Crippen LogP contribution >= 0.6 is 0 Å². The number of piperazine rings is 1. The van der Waals surface area contributed by atoms with Gasteiger partial charge in [0.15, 0.2) is 0 Å². The molecule has 0 radical (unpaired) electrons. The van der Waals surface area contributed by atoms with Crippen LogP contribution in [0.5, 0.6) is 0 Å². The van der Waals surface area contributed by atoms with Crippen molar-refractivity contribution in [1.29, 1.82) is 0 Å². The third-order valence-corrected chi connectivity index (χ3v) is 2.59. The normalized spacial score (nSPS) is 20.2. The van der Waals surface area contributed by atoms with Crippen LogP contribution in [0.4, 0.5) is 0 Å². The van der Waals surface area contributed by atoms with Gasteiger partial charge >= 0.3 is 11.9 Å². The van der Waals surface area contributed by atoms with Gasteiger partial charge in [-0.3, -0.25) is 19.7 Å². The van der Waals surface area contributed by atoms with Crippen molar-refractivity contribution in [3.63, 3.8) is 0 Å². The first-order chi connectivity index (χ1) is 8.90. The number of nitrogens with one attached hydrogen (secondary N) is 3. The van der Waals surface area contributed by atoms with Gasteiger partial charge < -0.3 is 20.8 Å². The summed E-state index contributed by atoms with van der Waals surface area (Å²) in [5.41, 5.74) is 0. The molecule has 9 heteroatoms. The van der Waals surface area contributed by atoms with Crippen LogP contribution in [0, 0.1) is 0 Å². The van der Waals surface area contributed by atoms with E-state index in [0.717, 1.165) is 0 Å². The molecule has 0 bridgehead atoms. The first kappa shape index (κ1) is 14.9. The molecule has 1 heterocycles. The molecule has 1 rings (SSSR count). The minimum atomic E-state index is -1.30. The summed E-state index contributed by atoms with van der Waals surface area (Å²) in [5.74, 6) is -3.26. The summed E-state index contributed by atoms with van der Waals surface area (Å²) in [6, 6.07) is -1.98. The molecule has 0 spiro atoms. The van der Waals surface area contributed by atoms with E-state index in [1.807, 2.05) is 0 Å². The molecule has 2 atom stereocenters. The minimum absolute atomic E-state index is 0.0229. The smallest absolute Gasteiger partial charge is 0.326 e. The van der Waals surface area contributed by atoms with Crippen LogP contribution in [0.1, 0.15) is 12.8 Å². The number of aliphatic carboxylic acids is 2. The molecule has 5 N–H and O–H groups in total. The van der Waals surface area contributed by atoms with Gasteiger partial charge in [-0.15, -0.1) is 0 Å². The van der Waals surface area contributed by atoms with E-state index in [-0.39, 0.29) is 31.8 Å². The van der Waals surface area contributed by atoms with Gasteiger partial charge in [-0.05, 0) is 6.42 Å². The third-order valence-electron chi connectivity index (χ3n) is 2.59. The molecule has 9 nitrogen and oxygen atoms in total. The maximum atomic E-state index is 11.7. The highest BCUT2D eigenvalue weighted by Gasteiger charge is 2.28. The van der Waals surface area contributed by atoms with E-state index >= 15 is 0 Å². The average Bonchev–Trinajstić information content (AvgIpc) is 2.34. The van der Waals surface area contributed by atoms with Crippen molar-refractivity contribution in [2.24, 2.45) is 0 Å². The van der Waals surface area contributed by atoms with Crippen LogP contribution in [-0.2, 0) is 19.2 Å². The van der Waals surface area contributed by atoms with Crippen LogP contribution in [0.15, 0.2) is 0 Å². The molecule has 1 aliphatic heterocycles. The van der Waals surface area contributed by atoms with Crippen LogP contribution in [0.25, 0.3) is 0 Å². The summed E-state index contributed by atoms with van der Waals surface area (Å²) >= 11 is 0. The summed E-state index contributed by atoms with van der Waals surface area (Å²) in [4.78, 5) is 43.9. The van der Waals surface area contributed by atoms with Crippen LogP contribution in [0.2, 0.25) is 0 Å². The van der Waals surface area contributed by atoms with Gasteiger partial charge in [0.2, 0.25) is 11.8 Å². The van der Waals surface area contributed by atoms with Crippen molar-refractivity contribution in [2.45, 2.75) is 24.9 Å². The Bertz CT molecular complexity index is 387. The molecule has 0 aliphatic carbocycles. The number of carbonyl (C=O) groups is 4. The number of hydrogen-bond donors (Lipinski definition) is 5. The zero-order valence-corrected chi connectivity index (χ0v) is 10.0. The van der Waals surface area contributed by atoms with E-state index in [1.165, 1.54) is 0 Å². The zero-order chi connectivity index (χ0) is 14.4. The Balaban J connectivity index is 2.49. The molecule has 19 heavy (non-hydrogen) atoms. The van der Waals surface area contributed by atoms with E-state index in [1.54, 1.807) is 0 Å². The summed E-state index contributed by atoms with van der Waals surface area (Å²) in [6.45, 7) is 0.0425. The molecule has 106 valence electrons. The van der Waals surface area contributed by atoms with Gasteiger partial charge in [0.25, 0.3) is 0 Å². The standard InChI is InChI=1S/C10H15N3O6/c14-7-4-11-6(3-12-7)9(17)13-5(10(18)19)1-2-8(15)16/h5-6,11H,1-4H2,(H,12,14)(H,13,17)(H,15,16)(H,18,19)/t5-,6?/m0/s1. The Morgan fingerprint density at radius 2 is 2.05 bits per heavy atom. The molecule has 1 aliphatic rings. The third kappa shape index (κ3) is 4.92. The first-order valence-electron chi connectivity index (χ1n) is 5.65. The quantitative estimate of drug-likeness (QED) is 0.360. The Labute approximate surface area is 108 Å². The van der Waals surface area contributed by atoms with Gasteiger partial charge in [0, 0.05) is 13.0 Å². The second-order valence-electron chi connectivity index (χ2n) is 4.07. The van der Waals surface area contributed by atoms with E-state index in [9.17, 15) is 19.2 Å². The van der Waals surface area contributed by atoms with Crippen molar-refractivity contribution in [2.75, 3.05) is 13.1 Å². The first-order valence-corrected chi connectivity index (χ1v) is 5.65. The van der Waals surface area contributed by atoms with Gasteiger partial charge in [0.1, 0.15) is 12.1 Å². The molecule has 1 fully saturated rings. The maximum absolute atomic E-state index is 11.7. The molecule has 0 aromatic heterocycles. The van der Waals surface area contributed by atoms with Crippen LogP contribution < -0.4 is 16.0 Å². The summed E-state index contributed by atoms with van der Waals surface area (Å²) < 4.78 is 0. The number of carboxylic acids is 2. The number of rotatable bonds is 6. The number of carbonyl (C=O) groups excluding carboxylic acids is 2. The van der Waals surface area contributed by atoms with Crippen molar-refractivity contribution < 1.29 is 29.4 Å². The second kappa shape index (κ2) is 6.69. The Hall–Kier alpha value is -2.16. The van der Waals surface area contributed by atoms with E-state index < -0.39 is 29.9 Å². The Morgan fingerprint density at radius 3 is 2.53 bits per heavy atom. The van der Waals surface area contributed by atoms with Crippen molar-refractivity contribution in [3.05, 3.63) is 0 Å². The molecule has 1 saturated heterocycles. The van der Waals surface area contributed by atoms with Gasteiger partial charge in [-0.2, -0.15) is 0 Å². The Morgan fingerprint density at radius 1 is 1.37 bits per heavy atom. The maximum Gasteiger partial charge on any atom is 0.326 e. The van der Waals surface area contributed by atoms with Crippen LogP contribution in [0.3, 0.4) is 0 Å². The van der Waals surface area contributed by atoms with E-state index in [4.69, 9.17) is 10.2 Å². The summed E-state index contributed by atoms with van der Waals surface area (Å²) in [5, 5.41) is 24.7.